The molecule has 1 aliphatic heterocycles. The van der Waals surface area contributed by atoms with E-state index in [9.17, 15) is 4.79 Å². The van der Waals surface area contributed by atoms with Gasteiger partial charge in [-0.1, -0.05) is 16.8 Å². The summed E-state index contributed by atoms with van der Waals surface area (Å²) in [6.45, 7) is 4.02. The Morgan fingerprint density at radius 3 is 2.68 bits per heavy atom. The number of hydrogen-bond donors (Lipinski definition) is 0. The molecule has 0 spiro atoms. The van der Waals surface area contributed by atoms with E-state index in [1.807, 2.05) is 19.1 Å². The van der Waals surface area contributed by atoms with Crippen molar-refractivity contribution in [2.75, 3.05) is 18.0 Å². The normalized spacial score (nSPS) is 22.1. The van der Waals surface area contributed by atoms with E-state index in [1.54, 1.807) is 12.3 Å². The fourth-order valence-corrected chi connectivity index (χ4v) is 4.85. The number of halogens is 1. The van der Waals surface area contributed by atoms with Crippen LogP contribution in [0, 0.1) is 18.8 Å². The maximum atomic E-state index is 12.8. The first-order valence-electron chi connectivity index (χ1n) is 10.2. The van der Waals surface area contributed by atoms with Crippen LogP contribution in [-0.2, 0) is 6.54 Å². The van der Waals surface area contributed by atoms with E-state index in [-0.39, 0.29) is 12.1 Å². The number of rotatable bonds is 4. The van der Waals surface area contributed by atoms with E-state index >= 15 is 0 Å². The zero-order valence-electron chi connectivity index (χ0n) is 16.8. The van der Waals surface area contributed by atoms with Gasteiger partial charge in [0, 0.05) is 35.9 Å². The minimum absolute atomic E-state index is 0.155. The first-order chi connectivity index (χ1) is 15.1. The molecule has 6 rings (SSSR count). The molecule has 2 unspecified atom stereocenters. The monoisotopic (exact) mass is 434 g/mol. The number of nitrogens with zero attached hydrogens (tertiary/aromatic N) is 6. The van der Waals surface area contributed by atoms with Gasteiger partial charge in [-0.25, -0.2) is 9.97 Å². The van der Waals surface area contributed by atoms with Gasteiger partial charge in [0.2, 0.25) is 5.89 Å². The molecule has 4 heterocycles. The second-order valence-corrected chi connectivity index (χ2v) is 8.72. The number of aromatic nitrogens is 5. The lowest BCUT2D eigenvalue weighted by molar-refractivity contribution is 0.363. The largest absolute Gasteiger partial charge is 0.371 e. The molecule has 0 radical (unpaired) electrons. The summed E-state index contributed by atoms with van der Waals surface area (Å²) >= 11 is 5.99. The van der Waals surface area contributed by atoms with Crippen molar-refractivity contribution in [3.05, 3.63) is 75.5 Å². The average molecular weight is 435 g/mol. The lowest BCUT2D eigenvalue weighted by Gasteiger charge is -2.21. The Hall–Kier alpha value is -3.26. The van der Waals surface area contributed by atoms with Crippen LogP contribution in [-0.4, -0.2) is 37.8 Å². The van der Waals surface area contributed by atoms with E-state index < -0.39 is 0 Å². The number of hydrogen-bond acceptors (Lipinski definition) is 7. The van der Waals surface area contributed by atoms with Gasteiger partial charge >= 0.3 is 0 Å². The molecule has 4 aromatic rings. The maximum absolute atomic E-state index is 12.8. The van der Waals surface area contributed by atoms with Crippen molar-refractivity contribution >= 4 is 28.3 Å². The van der Waals surface area contributed by atoms with Crippen molar-refractivity contribution in [3.63, 3.8) is 0 Å². The molecule has 156 valence electrons. The van der Waals surface area contributed by atoms with Gasteiger partial charge in [0.1, 0.15) is 12.9 Å². The van der Waals surface area contributed by atoms with Gasteiger partial charge in [-0.3, -0.25) is 9.36 Å². The number of fused-ring (bicyclic) bond motifs is 2. The Labute approximate surface area is 182 Å². The molecular weight excluding hydrogens is 416 g/mol. The Kier molecular flexibility index (Phi) is 4.11. The van der Waals surface area contributed by atoms with E-state index in [0.717, 1.165) is 29.5 Å². The lowest BCUT2D eigenvalue weighted by Crippen LogP contribution is -2.23. The lowest BCUT2D eigenvalue weighted by atomic mass is 10.2. The smallest absolute Gasteiger partial charge is 0.263 e. The summed E-state index contributed by atoms with van der Waals surface area (Å²) in [6.07, 6.45) is 3.14. The molecule has 1 saturated heterocycles. The zero-order valence-corrected chi connectivity index (χ0v) is 17.5. The van der Waals surface area contributed by atoms with Crippen LogP contribution in [0.5, 0.6) is 0 Å². The molecule has 2 fully saturated rings. The average Bonchev–Trinajstić information content (AvgIpc) is 3.09. The second-order valence-electron chi connectivity index (χ2n) is 8.29. The number of anilines is 1. The van der Waals surface area contributed by atoms with Crippen LogP contribution in [0.3, 0.4) is 0 Å². The standard InChI is InChI=1S/C22H19ClN6O2/c1-12-6-7-24-20-18(12)22(30)29(11-25-20)10-17-26-21(27-31-17)19-15-8-28(9-16(15)19)14-4-2-13(23)3-5-14/h2-7,11,15-16,19H,8-10H2,1H3. The predicted octanol–water partition coefficient (Wildman–Crippen LogP) is 3.03. The Morgan fingerprint density at radius 2 is 1.90 bits per heavy atom. The van der Waals surface area contributed by atoms with Crippen molar-refractivity contribution in [1.82, 2.24) is 24.7 Å². The summed E-state index contributed by atoms with van der Waals surface area (Å²) in [5.41, 5.74) is 2.33. The quantitative estimate of drug-likeness (QED) is 0.487. The number of piperidine rings is 1. The fraction of sp³-hybridized carbons (Fsp3) is 0.318. The summed E-state index contributed by atoms with van der Waals surface area (Å²) in [4.78, 5) is 28.3. The number of benzene rings is 1. The first kappa shape index (κ1) is 18.5. The Morgan fingerprint density at radius 1 is 1.13 bits per heavy atom. The zero-order chi connectivity index (χ0) is 21.1. The second kappa shape index (κ2) is 6.88. The van der Waals surface area contributed by atoms with Gasteiger partial charge in [-0.05, 0) is 54.7 Å². The molecule has 3 aromatic heterocycles. The van der Waals surface area contributed by atoms with E-state index in [1.165, 1.54) is 16.6 Å². The molecule has 0 bridgehead atoms. The summed E-state index contributed by atoms with van der Waals surface area (Å²) < 4.78 is 6.95. The highest BCUT2D eigenvalue weighted by molar-refractivity contribution is 6.30. The van der Waals surface area contributed by atoms with Crippen LogP contribution in [0.25, 0.3) is 11.0 Å². The summed E-state index contributed by atoms with van der Waals surface area (Å²) in [6, 6.07) is 9.76. The van der Waals surface area contributed by atoms with E-state index in [4.69, 9.17) is 16.1 Å². The highest BCUT2D eigenvalue weighted by Crippen LogP contribution is 2.57. The fourth-order valence-electron chi connectivity index (χ4n) is 4.72. The van der Waals surface area contributed by atoms with Gasteiger partial charge < -0.3 is 9.42 Å². The van der Waals surface area contributed by atoms with Gasteiger partial charge in [-0.2, -0.15) is 4.98 Å². The van der Waals surface area contributed by atoms with Gasteiger partial charge in [0.15, 0.2) is 11.5 Å². The molecule has 31 heavy (non-hydrogen) atoms. The van der Waals surface area contributed by atoms with Crippen LogP contribution in [0.15, 0.2) is 52.2 Å². The van der Waals surface area contributed by atoms with Crippen molar-refractivity contribution in [2.45, 2.75) is 19.4 Å². The SMILES string of the molecule is Cc1ccnc2ncn(Cc3nc(C4C5CN(c6ccc(Cl)cc6)CC54)no3)c(=O)c12. The Balaban J connectivity index is 1.17. The molecule has 1 aromatic carbocycles. The van der Waals surface area contributed by atoms with E-state index in [2.05, 4.69) is 37.1 Å². The molecule has 9 heteroatoms. The maximum Gasteiger partial charge on any atom is 0.263 e. The third-order valence-corrected chi connectivity index (χ3v) is 6.66. The third kappa shape index (κ3) is 3.09. The van der Waals surface area contributed by atoms with Crippen LogP contribution in [0.2, 0.25) is 5.02 Å². The molecule has 1 aliphatic carbocycles. The van der Waals surface area contributed by atoms with Crippen LogP contribution >= 0.6 is 11.6 Å². The molecule has 8 nitrogen and oxygen atoms in total. The van der Waals surface area contributed by atoms with Crippen molar-refractivity contribution in [3.8, 4) is 0 Å². The van der Waals surface area contributed by atoms with E-state index in [0.29, 0.717) is 34.7 Å². The van der Waals surface area contributed by atoms with Crippen LogP contribution in [0.1, 0.15) is 23.2 Å². The van der Waals surface area contributed by atoms with Crippen LogP contribution in [0.4, 0.5) is 5.69 Å². The van der Waals surface area contributed by atoms with Gasteiger partial charge in [-0.15, -0.1) is 0 Å². The highest BCUT2D eigenvalue weighted by atomic mass is 35.5. The molecule has 2 atom stereocenters. The molecule has 2 aliphatic rings. The summed E-state index contributed by atoms with van der Waals surface area (Å²) in [7, 11) is 0. The number of aryl methyl sites for hydroxylation is 1. The summed E-state index contributed by atoms with van der Waals surface area (Å²) in [5.74, 6) is 2.53. The minimum Gasteiger partial charge on any atom is -0.371 e. The van der Waals surface area contributed by atoms with Crippen molar-refractivity contribution in [2.24, 2.45) is 11.8 Å². The van der Waals surface area contributed by atoms with Gasteiger partial charge in [0.25, 0.3) is 5.56 Å². The number of pyridine rings is 1. The minimum atomic E-state index is -0.155. The molecular formula is C22H19ClN6O2. The van der Waals surface area contributed by atoms with Crippen LogP contribution < -0.4 is 10.5 Å². The third-order valence-electron chi connectivity index (χ3n) is 6.41. The highest BCUT2D eigenvalue weighted by Gasteiger charge is 2.58. The summed E-state index contributed by atoms with van der Waals surface area (Å²) in [5, 5.41) is 5.47. The van der Waals surface area contributed by atoms with Crippen molar-refractivity contribution in [1.29, 1.82) is 0 Å². The Bertz CT molecular complexity index is 1340. The molecule has 0 amide bonds. The first-order valence-corrected chi connectivity index (χ1v) is 10.6. The molecule has 1 saturated carbocycles. The van der Waals surface area contributed by atoms with Crippen molar-refractivity contribution < 1.29 is 4.52 Å². The topological polar surface area (TPSA) is 89.9 Å². The van der Waals surface area contributed by atoms with Gasteiger partial charge in [0.05, 0.1) is 5.39 Å². The predicted molar refractivity (Wildman–Crippen MR) is 115 cm³/mol. The molecule has 0 N–H and O–H groups in total.